The monoisotopic (exact) mass is 296 g/mol. The van der Waals surface area contributed by atoms with Gasteiger partial charge in [0.1, 0.15) is 0 Å². The predicted octanol–water partition coefficient (Wildman–Crippen LogP) is 3.29. The fourth-order valence-corrected chi connectivity index (χ4v) is 1.78. The van der Waals surface area contributed by atoms with Crippen LogP contribution in [0.5, 0.6) is 0 Å². The fourth-order valence-electron chi connectivity index (χ4n) is 1.10. The van der Waals surface area contributed by atoms with Gasteiger partial charge in [-0.15, -0.1) is 0 Å². The Morgan fingerprint density at radius 2 is 2.26 bits per heavy atom. The topological polar surface area (TPSA) is 50.7 Å². The van der Waals surface area contributed by atoms with E-state index in [1.54, 1.807) is 13.8 Å². The second-order valence-corrected chi connectivity index (χ2v) is 4.39. The summed E-state index contributed by atoms with van der Waals surface area (Å²) in [5.74, 6) is 2.14. The minimum atomic E-state index is -0.657. The van der Waals surface area contributed by atoms with Crippen LogP contribution in [0.15, 0.2) is 34.3 Å². The number of halogens is 1. The average molecular weight is 297 g/mol. The molecule has 4 nitrogen and oxygen atoms in total. The van der Waals surface area contributed by atoms with Crippen molar-refractivity contribution in [1.29, 1.82) is 0 Å². The van der Waals surface area contributed by atoms with Crippen molar-refractivity contribution in [1.82, 2.24) is 0 Å². The number of anilines is 1. The molecule has 0 saturated carbocycles. The molecule has 1 rings (SSSR count). The SMILES string of the molecule is CC#CSc1ccccc1N/N=C(/Cl)C(=O)OCC. The molecule has 0 aromatic heterocycles. The molecule has 0 unspecified atom stereocenters. The van der Waals surface area contributed by atoms with Crippen molar-refractivity contribution in [3.05, 3.63) is 24.3 Å². The van der Waals surface area contributed by atoms with Gasteiger partial charge in [0.25, 0.3) is 0 Å². The number of benzene rings is 1. The summed E-state index contributed by atoms with van der Waals surface area (Å²) in [7, 11) is 0. The number of para-hydroxylation sites is 1. The summed E-state index contributed by atoms with van der Waals surface area (Å²) in [6.45, 7) is 3.72. The number of carbonyl (C=O) groups is 1. The number of nitrogens with one attached hydrogen (secondary N) is 1. The van der Waals surface area contributed by atoms with Gasteiger partial charge < -0.3 is 4.74 Å². The van der Waals surface area contributed by atoms with Gasteiger partial charge >= 0.3 is 5.97 Å². The van der Waals surface area contributed by atoms with E-state index in [2.05, 4.69) is 21.7 Å². The number of rotatable bonds is 5. The van der Waals surface area contributed by atoms with Crippen LogP contribution in [0, 0.1) is 11.2 Å². The van der Waals surface area contributed by atoms with Crippen molar-refractivity contribution in [2.24, 2.45) is 5.10 Å². The van der Waals surface area contributed by atoms with Crippen LogP contribution in [0.25, 0.3) is 0 Å². The number of ether oxygens (including phenoxy) is 1. The highest BCUT2D eigenvalue weighted by Gasteiger charge is 2.09. The Bertz CT molecular complexity index is 535. The van der Waals surface area contributed by atoms with E-state index in [0.717, 1.165) is 10.6 Å². The Labute approximate surface area is 121 Å². The molecule has 0 atom stereocenters. The molecule has 0 fully saturated rings. The first-order chi connectivity index (χ1) is 9.19. The number of hydrazone groups is 1. The van der Waals surface area contributed by atoms with Crippen molar-refractivity contribution < 1.29 is 9.53 Å². The van der Waals surface area contributed by atoms with Crippen molar-refractivity contribution in [2.75, 3.05) is 12.0 Å². The highest BCUT2D eigenvalue weighted by molar-refractivity contribution is 8.04. The summed E-state index contributed by atoms with van der Waals surface area (Å²) in [5, 5.41) is 6.42. The number of nitrogens with zero attached hydrogens (tertiary/aromatic N) is 1. The molecule has 0 aliphatic carbocycles. The van der Waals surface area contributed by atoms with Crippen LogP contribution in [0.4, 0.5) is 5.69 Å². The maximum atomic E-state index is 11.3. The second kappa shape index (κ2) is 8.46. The lowest BCUT2D eigenvalue weighted by atomic mass is 10.3. The maximum absolute atomic E-state index is 11.3. The van der Waals surface area contributed by atoms with E-state index in [4.69, 9.17) is 16.3 Å². The summed E-state index contributed by atoms with van der Waals surface area (Å²) in [5.41, 5.74) is 3.45. The summed E-state index contributed by atoms with van der Waals surface area (Å²) in [6.07, 6.45) is 0. The largest absolute Gasteiger partial charge is 0.461 e. The van der Waals surface area contributed by atoms with Gasteiger partial charge in [0, 0.05) is 4.90 Å². The molecule has 0 saturated heterocycles. The third kappa shape index (κ3) is 5.25. The molecule has 0 heterocycles. The van der Waals surface area contributed by atoms with Gasteiger partial charge in [-0.1, -0.05) is 29.7 Å². The van der Waals surface area contributed by atoms with E-state index >= 15 is 0 Å². The Kier molecular flexibility index (Phi) is 6.86. The van der Waals surface area contributed by atoms with Crippen LogP contribution in [0.1, 0.15) is 13.8 Å². The quantitative estimate of drug-likeness (QED) is 0.298. The molecule has 1 N–H and O–H groups in total. The first-order valence-electron chi connectivity index (χ1n) is 5.53. The van der Waals surface area contributed by atoms with E-state index in [1.165, 1.54) is 11.8 Å². The molecule has 0 spiro atoms. The molecule has 0 bridgehead atoms. The lowest BCUT2D eigenvalue weighted by molar-refractivity contribution is -0.134. The van der Waals surface area contributed by atoms with Crippen LogP contribution >= 0.6 is 23.4 Å². The van der Waals surface area contributed by atoms with Gasteiger partial charge in [0.05, 0.1) is 12.3 Å². The van der Waals surface area contributed by atoms with E-state index in [9.17, 15) is 4.79 Å². The molecular formula is C13H13ClN2O2S. The van der Waals surface area contributed by atoms with Gasteiger partial charge in [-0.3, -0.25) is 5.43 Å². The van der Waals surface area contributed by atoms with Crippen molar-refractivity contribution in [2.45, 2.75) is 18.7 Å². The zero-order chi connectivity index (χ0) is 14.1. The van der Waals surface area contributed by atoms with E-state index < -0.39 is 5.97 Å². The zero-order valence-corrected chi connectivity index (χ0v) is 12.1. The molecule has 0 aliphatic rings. The van der Waals surface area contributed by atoms with Crippen LogP contribution in [-0.2, 0) is 9.53 Å². The lowest BCUT2D eigenvalue weighted by Crippen LogP contribution is -2.13. The zero-order valence-electron chi connectivity index (χ0n) is 10.6. The molecule has 6 heteroatoms. The standard InChI is InChI=1S/C13H13ClN2O2S/c1-3-9-19-11-8-6-5-7-10(11)15-16-12(14)13(17)18-4-2/h5-8,15H,4H2,1-2H3/b16-12+. The minimum Gasteiger partial charge on any atom is -0.461 e. The van der Waals surface area contributed by atoms with Crippen LogP contribution in [0.3, 0.4) is 0 Å². The maximum Gasteiger partial charge on any atom is 0.370 e. The first-order valence-corrected chi connectivity index (χ1v) is 6.72. The third-order valence-corrected chi connectivity index (χ3v) is 2.99. The molecule has 0 amide bonds. The van der Waals surface area contributed by atoms with Crippen LogP contribution in [-0.4, -0.2) is 17.7 Å². The Hall–Kier alpha value is -1.64. The van der Waals surface area contributed by atoms with E-state index in [1.807, 2.05) is 24.3 Å². The third-order valence-electron chi connectivity index (χ3n) is 1.87. The Balaban J connectivity index is 2.78. The van der Waals surface area contributed by atoms with Crippen LogP contribution in [0.2, 0.25) is 0 Å². The summed E-state index contributed by atoms with van der Waals surface area (Å²) < 4.78 is 4.72. The normalized spacial score (nSPS) is 10.4. The van der Waals surface area contributed by atoms with Gasteiger partial charge in [-0.25, -0.2) is 4.79 Å². The molecule has 1 aromatic rings. The number of esters is 1. The van der Waals surface area contributed by atoms with E-state index in [-0.39, 0.29) is 11.8 Å². The molecule has 100 valence electrons. The summed E-state index contributed by atoms with van der Waals surface area (Å²) in [6, 6.07) is 7.45. The highest BCUT2D eigenvalue weighted by Crippen LogP contribution is 2.26. The van der Waals surface area contributed by atoms with E-state index in [0.29, 0.717) is 0 Å². The van der Waals surface area contributed by atoms with Gasteiger partial charge in [-0.05, 0) is 43.0 Å². The predicted molar refractivity (Wildman–Crippen MR) is 79.3 cm³/mol. The van der Waals surface area contributed by atoms with Gasteiger partial charge in [0.15, 0.2) is 0 Å². The summed E-state index contributed by atoms with van der Waals surface area (Å²) >= 11 is 7.06. The number of carbonyl (C=O) groups excluding carboxylic acids is 1. The second-order valence-electron chi connectivity index (χ2n) is 3.19. The number of hydrogen-bond donors (Lipinski definition) is 1. The smallest absolute Gasteiger partial charge is 0.370 e. The van der Waals surface area contributed by atoms with Crippen molar-refractivity contribution in [3.63, 3.8) is 0 Å². The minimum absolute atomic E-state index is 0.247. The number of thioether (sulfide) groups is 1. The Morgan fingerprint density at radius 3 is 2.95 bits per heavy atom. The van der Waals surface area contributed by atoms with Crippen LogP contribution < -0.4 is 5.43 Å². The molecule has 1 aromatic carbocycles. The van der Waals surface area contributed by atoms with Crippen molar-refractivity contribution >= 4 is 40.2 Å². The Morgan fingerprint density at radius 1 is 1.53 bits per heavy atom. The van der Waals surface area contributed by atoms with Gasteiger partial charge in [-0.2, -0.15) is 5.10 Å². The highest BCUT2D eigenvalue weighted by atomic mass is 35.5. The first kappa shape index (κ1) is 15.4. The average Bonchev–Trinajstić information content (AvgIpc) is 2.43. The number of hydrogen-bond acceptors (Lipinski definition) is 5. The lowest BCUT2D eigenvalue weighted by Gasteiger charge is -2.05. The summed E-state index contributed by atoms with van der Waals surface area (Å²) in [4.78, 5) is 12.2. The molecular weight excluding hydrogens is 284 g/mol. The molecule has 19 heavy (non-hydrogen) atoms. The fraction of sp³-hybridized carbons (Fsp3) is 0.231. The van der Waals surface area contributed by atoms with Crippen molar-refractivity contribution in [3.8, 4) is 11.2 Å². The van der Waals surface area contributed by atoms with Gasteiger partial charge in [0.2, 0.25) is 5.17 Å². The molecule has 0 radical (unpaired) electrons. The molecule has 0 aliphatic heterocycles.